The maximum absolute atomic E-state index is 14.0. The molecule has 1 saturated carbocycles. The van der Waals surface area contributed by atoms with Gasteiger partial charge in [0.2, 0.25) is 11.8 Å². The van der Waals surface area contributed by atoms with Crippen LogP contribution in [0.15, 0.2) is 30.3 Å². The number of carbonyl (C=O) groups excluding carboxylic acids is 4. The van der Waals surface area contributed by atoms with Gasteiger partial charge in [0.15, 0.2) is 0 Å². The lowest BCUT2D eigenvalue weighted by molar-refractivity contribution is -0.156. The molecule has 1 saturated heterocycles. The number of benzene rings is 1. The molecule has 39 heavy (non-hydrogen) atoms. The first-order valence-electron chi connectivity index (χ1n) is 14.0. The van der Waals surface area contributed by atoms with E-state index in [0.717, 1.165) is 24.8 Å². The van der Waals surface area contributed by atoms with Crippen molar-refractivity contribution in [3.8, 4) is 0 Å². The number of nitrogens with zero attached hydrogens (tertiary/aromatic N) is 1. The Morgan fingerprint density at radius 3 is 2.15 bits per heavy atom. The van der Waals surface area contributed by atoms with Crippen molar-refractivity contribution in [2.24, 2.45) is 22.7 Å². The highest BCUT2D eigenvalue weighted by Crippen LogP contribution is 2.43. The molecule has 0 unspecified atom stereocenters. The van der Waals surface area contributed by atoms with Gasteiger partial charge in [-0.05, 0) is 48.0 Å². The van der Waals surface area contributed by atoms with Crippen LogP contribution < -0.4 is 10.6 Å². The molecule has 1 aromatic rings. The van der Waals surface area contributed by atoms with Crippen LogP contribution in [0.3, 0.4) is 0 Å². The van der Waals surface area contributed by atoms with E-state index < -0.39 is 41.0 Å². The lowest BCUT2D eigenvalue weighted by atomic mass is 9.83. The normalized spacial score (nSPS) is 22.4. The van der Waals surface area contributed by atoms with E-state index in [1.54, 1.807) is 11.8 Å². The minimum atomic E-state index is -0.961. The maximum Gasteiger partial charge on any atom is 0.408 e. The van der Waals surface area contributed by atoms with Crippen LogP contribution in [0, 0.1) is 22.7 Å². The molecule has 3 rings (SSSR count). The second-order valence-electron chi connectivity index (χ2n) is 12.9. The first-order valence-corrected chi connectivity index (χ1v) is 14.0. The van der Waals surface area contributed by atoms with E-state index in [9.17, 15) is 19.2 Å². The largest absolute Gasteiger partial charge is 0.464 e. The van der Waals surface area contributed by atoms with Crippen LogP contribution in [-0.2, 0) is 30.5 Å². The van der Waals surface area contributed by atoms with E-state index in [2.05, 4.69) is 10.6 Å². The molecule has 1 aliphatic heterocycles. The van der Waals surface area contributed by atoms with Crippen molar-refractivity contribution in [3.05, 3.63) is 35.9 Å². The Morgan fingerprint density at radius 1 is 0.923 bits per heavy atom. The number of fused-ring (bicyclic) bond motifs is 1. The Hall–Kier alpha value is -3.10. The average Bonchev–Trinajstić information content (AvgIpc) is 3.45. The molecular weight excluding hydrogens is 498 g/mol. The molecule has 0 radical (unpaired) electrons. The van der Waals surface area contributed by atoms with Gasteiger partial charge in [-0.2, -0.15) is 0 Å². The third kappa shape index (κ3) is 7.51. The van der Waals surface area contributed by atoms with E-state index >= 15 is 0 Å². The van der Waals surface area contributed by atoms with Crippen LogP contribution >= 0.6 is 0 Å². The van der Waals surface area contributed by atoms with E-state index in [1.807, 2.05) is 71.9 Å². The monoisotopic (exact) mass is 543 g/mol. The third-order valence-corrected chi connectivity index (χ3v) is 7.70. The summed E-state index contributed by atoms with van der Waals surface area (Å²) in [6, 6.07) is 6.76. The van der Waals surface area contributed by atoms with Gasteiger partial charge in [-0.25, -0.2) is 9.59 Å². The number of carbonyl (C=O) groups is 4. The molecule has 3 amide bonds. The maximum atomic E-state index is 14.0. The molecule has 0 aromatic heterocycles. The van der Waals surface area contributed by atoms with Crippen molar-refractivity contribution in [2.45, 2.75) is 92.5 Å². The van der Waals surface area contributed by atoms with Gasteiger partial charge in [-0.3, -0.25) is 9.59 Å². The zero-order valence-corrected chi connectivity index (χ0v) is 24.4. The van der Waals surface area contributed by atoms with Gasteiger partial charge >= 0.3 is 12.1 Å². The van der Waals surface area contributed by atoms with Gasteiger partial charge < -0.3 is 25.0 Å². The molecule has 2 fully saturated rings. The molecule has 5 atom stereocenters. The van der Waals surface area contributed by atoms with Crippen molar-refractivity contribution in [2.75, 3.05) is 13.2 Å². The molecular formula is C30H45N3O6. The van der Waals surface area contributed by atoms with Gasteiger partial charge in [0.25, 0.3) is 0 Å². The van der Waals surface area contributed by atoms with E-state index in [0.29, 0.717) is 6.54 Å². The smallest absolute Gasteiger partial charge is 0.408 e. The van der Waals surface area contributed by atoms with Gasteiger partial charge in [-0.15, -0.1) is 0 Å². The summed E-state index contributed by atoms with van der Waals surface area (Å²) < 4.78 is 10.7. The fourth-order valence-corrected chi connectivity index (χ4v) is 5.66. The van der Waals surface area contributed by atoms with E-state index in [4.69, 9.17) is 9.47 Å². The van der Waals surface area contributed by atoms with E-state index in [1.165, 1.54) is 0 Å². The topological polar surface area (TPSA) is 114 Å². The number of amides is 3. The van der Waals surface area contributed by atoms with Crippen LogP contribution in [-0.4, -0.2) is 60.1 Å². The number of likely N-dealkylation sites (tertiary alicyclic amines) is 1. The van der Waals surface area contributed by atoms with Crippen molar-refractivity contribution < 1.29 is 28.7 Å². The van der Waals surface area contributed by atoms with Crippen molar-refractivity contribution in [1.82, 2.24) is 15.5 Å². The fraction of sp³-hybridized carbons (Fsp3) is 0.667. The van der Waals surface area contributed by atoms with Crippen molar-refractivity contribution >= 4 is 23.9 Å². The van der Waals surface area contributed by atoms with Crippen molar-refractivity contribution in [1.29, 1.82) is 0 Å². The fourth-order valence-electron chi connectivity index (χ4n) is 5.66. The number of hydrogen-bond donors (Lipinski definition) is 2. The molecule has 2 aliphatic rings. The number of alkyl carbamates (subject to hydrolysis) is 1. The first-order chi connectivity index (χ1) is 18.2. The average molecular weight is 544 g/mol. The molecule has 9 nitrogen and oxygen atoms in total. The highest BCUT2D eigenvalue weighted by Gasteiger charge is 2.52. The number of hydrogen-bond acceptors (Lipinski definition) is 6. The highest BCUT2D eigenvalue weighted by molar-refractivity contribution is 5.94. The molecule has 2 N–H and O–H groups in total. The van der Waals surface area contributed by atoms with Gasteiger partial charge in [-0.1, -0.05) is 78.3 Å². The zero-order chi connectivity index (χ0) is 29.0. The standard InChI is InChI=1S/C30H45N3O6/c1-8-38-27(36)22-21-16-12-15-20(21)17-33(22)26(35)24(30(5,6)7)31-25(34)23(29(2,3)4)32-28(37)39-18-19-13-10-9-11-14-19/h9-11,13-14,20-24H,8,12,15-18H2,1-7H3,(H,31,34)(H,32,37)/t20-,21-,22+,23+,24+/m0/s1. The molecule has 1 aliphatic carbocycles. The second kappa shape index (κ2) is 12.4. The first kappa shape index (κ1) is 30.4. The minimum absolute atomic E-state index is 0.0702. The summed E-state index contributed by atoms with van der Waals surface area (Å²) in [4.78, 5) is 54.9. The van der Waals surface area contributed by atoms with Crippen LogP contribution in [0.5, 0.6) is 0 Å². The summed E-state index contributed by atoms with van der Waals surface area (Å²) in [5, 5.41) is 5.62. The Bertz CT molecular complexity index is 1030. The Balaban J connectivity index is 1.77. The van der Waals surface area contributed by atoms with Gasteiger partial charge in [0.05, 0.1) is 6.61 Å². The third-order valence-electron chi connectivity index (χ3n) is 7.70. The number of nitrogens with one attached hydrogen (secondary N) is 2. The summed E-state index contributed by atoms with van der Waals surface area (Å²) in [6.45, 7) is 13.7. The molecule has 0 spiro atoms. The number of esters is 1. The summed E-state index contributed by atoms with van der Waals surface area (Å²) in [5.41, 5.74) is -0.492. The Morgan fingerprint density at radius 2 is 1.56 bits per heavy atom. The SMILES string of the molecule is CCOC(=O)[C@H]1[C@H]2CCC[C@H]2CN1C(=O)[C@@H](NC(=O)[C@@H](NC(=O)OCc1ccccc1)C(C)(C)C)C(C)(C)C. The van der Waals surface area contributed by atoms with Crippen molar-refractivity contribution in [3.63, 3.8) is 0 Å². The lowest BCUT2D eigenvalue weighted by Crippen LogP contribution is -2.62. The number of rotatable bonds is 8. The summed E-state index contributed by atoms with van der Waals surface area (Å²) in [7, 11) is 0. The molecule has 216 valence electrons. The Labute approximate surface area is 232 Å². The zero-order valence-electron chi connectivity index (χ0n) is 24.4. The van der Waals surface area contributed by atoms with Crippen LogP contribution in [0.25, 0.3) is 0 Å². The van der Waals surface area contributed by atoms with Crippen LogP contribution in [0.1, 0.15) is 73.3 Å². The van der Waals surface area contributed by atoms with Crippen LogP contribution in [0.4, 0.5) is 4.79 Å². The molecule has 1 heterocycles. The lowest BCUT2D eigenvalue weighted by Gasteiger charge is -2.38. The second-order valence-corrected chi connectivity index (χ2v) is 12.9. The van der Waals surface area contributed by atoms with Crippen LogP contribution in [0.2, 0.25) is 0 Å². The van der Waals surface area contributed by atoms with E-state index in [-0.39, 0.29) is 36.9 Å². The summed E-state index contributed by atoms with van der Waals surface area (Å²) in [5.74, 6) is -0.840. The van der Waals surface area contributed by atoms with Gasteiger partial charge in [0, 0.05) is 6.54 Å². The predicted molar refractivity (Wildman–Crippen MR) is 147 cm³/mol. The predicted octanol–water partition coefficient (Wildman–Crippen LogP) is 4.05. The highest BCUT2D eigenvalue weighted by atomic mass is 16.5. The summed E-state index contributed by atoms with van der Waals surface area (Å²) >= 11 is 0. The quantitative estimate of drug-likeness (QED) is 0.478. The Kier molecular flexibility index (Phi) is 9.67. The molecule has 9 heteroatoms. The molecule has 0 bridgehead atoms. The minimum Gasteiger partial charge on any atom is -0.464 e. The van der Waals surface area contributed by atoms with Gasteiger partial charge in [0.1, 0.15) is 24.7 Å². The molecule has 1 aromatic carbocycles. The summed E-state index contributed by atoms with van der Waals surface area (Å²) in [6.07, 6.45) is 2.16. The number of ether oxygens (including phenoxy) is 2.